The smallest absolute Gasteiger partial charge is 0.256 e. The summed E-state index contributed by atoms with van der Waals surface area (Å²) >= 11 is 9.04. The molecular formula is C18H15ClN2OS2. The Hall–Kier alpha value is -1.82. The number of carbonyl (C=O) groups excluding carboxylic acids is 1. The molecule has 0 spiro atoms. The maximum Gasteiger partial charge on any atom is 0.256 e. The van der Waals surface area contributed by atoms with Gasteiger partial charge in [-0.05, 0) is 30.0 Å². The average Bonchev–Trinajstić information content (AvgIpc) is 2.99. The van der Waals surface area contributed by atoms with Crippen LogP contribution in [-0.2, 0) is 0 Å². The van der Waals surface area contributed by atoms with Crippen molar-refractivity contribution in [1.82, 2.24) is 4.98 Å². The Morgan fingerprint density at radius 3 is 2.54 bits per heavy atom. The van der Waals surface area contributed by atoms with Crippen molar-refractivity contribution in [2.45, 2.75) is 11.3 Å². The molecule has 1 N–H and O–H groups in total. The minimum atomic E-state index is -0.166. The van der Waals surface area contributed by atoms with Gasteiger partial charge in [0.1, 0.15) is 10.7 Å². The molecule has 0 unspecified atom stereocenters. The van der Waals surface area contributed by atoms with Gasteiger partial charge in [-0.3, -0.25) is 4.79 Å². The summed E-state index contributed by atoms with van der Waals surface area (Å²) in [7, 11) is 0. The van der Waals surface area contributed by atoms with Gasteiger partial charge >= 0.3 is 0 Å². The van der Waals surface area contributed by atoms with Crippen molar-refractivity contribution < 1.29 is 4.79 Å². The van der Waals surface area contributed by atoms with Crippen molar-refractivity contribution in [1.29, 1.82) is 0 Å². The predicted octanol–water partition coefficient (Wildman–Crippen LogP) is 5.83. The van der Waals surface area contributed by atoms with Gasteiger partial charge in [0.2, 0.25) is 0 Å². The SMILES string of the molecule is CCSc1nc(-c2ccccc2)c(NC(=O)c2ccc(Cl)cc2)s1. The van der Waals surface area contributed by atoms with Crippen molar-refractivity contribution in [3.8, 4) is 11.3 Å². The van der Waals surface area contributed by atoms with Gasteiger partial charge in [0.05, 0.1) is 0 Å². The van der Waals surface area contributed by atoms with E-state index in [1.165, 1.54) is 11.3 Å². The number of aromatic nitrogens is 1. The number of nitrogens with zero attached hydrogens (tertiary/aromatic N) is 1. The molecule has 1 aromatic heterocycles. The number of amides is 1. The summed E-state index contributed by atoms with van der Waals surface area (Å²) in [5.74, 6) is 0.771. The molecule has 0 bridgehead atoms. The van der Waals surface area contributed by atoms with Crippen LogP contribution in [0.15, 0.2) is 58.9 Å². The molecule has 0 aliphatic heterocycles. The lowest BCUT2D eigenvalue weighted by molar-refractivity contribution is 0.102. The fraction of sp³-hybridized carbons (Fsp3) is 0.111. The summed E-state index contributed by atoms with van der Waals surface area (Å²) in [6.07, 6.45) is 0. The zero-order valence-electron chi connectivity index (χ0n) is 13.0. The number of thioether (sulfide) groups is 1. The second-order valence-electron chi connectivity index (χ2n) is 4.92. The summed E-state index contributed by atoms with van der Waals surface area (Å²) < 4.78 is 0.947. The van der Waals surface area contributed by atoms with Crippen LogP contribution in [0.1, 0.15) is 17.3 Å². The van der Waals surface area contributed by atoms with Crippen LogP contribution in [0.4, 0.5) is 5.00 Å². The van der Waals surface area contributed by atoms with Gasteiger partial charge in [-0.25, -0.2) is 4.98 Å². The van der Waals surface area contributed by atoms with E-state index in [1.807, 2.05) is 30.3 Å². The van der Waals surface area contributed by atoms with Crippen molar-refractivity contribution in [3.05, 3.63) is 65.2 Å². The van der Waals surface area contributed by atoms with Crippen molar-refractivity contribution in [3.63, 3.8) is 0 Å². The van der Waals surface area contributed by atoms with E-state index in [0.717, 1.165) is 26.4 Å². The first-order valence-corrected chi connectivity index (χ1v) is 9.61. The van der Waals surface area contributed by atoms with E-state index in [-0.39, 0.29) is 5.91 Å². The van der Waals surface area contributed by atoms with Gasteiger partial charge in [0, 0.05) is 16.1 Å². The van der Waals surface area contributed by atoms with E-state index < -0.39 is 0 Å². The molecule has 0 saturated heterocycles. The number of benzene rings is 2. The second-order valence-corrected chi connectivity index (χ2v) is 7.86. The summed E-state index contributed by atoms with van der Waals surface area (Å²) in [5, 5.41) is 4.35. The topological polar surface area (TPSA) is 42.0 Å². The standard InChI is InChI=1S/C18H15ClN2OS2/c1-2-23-18-20-15(12-6-4-3-5-7-12)17(24-18)21-16(22)13-8-10-14(19)11-9-13/h3-11H,2H2,1H3,(H,21,22). The fourth-order valence-electron chi connectivity index (χ4n) is 2.14. The molecule has 6 heteroatoms. The molecule has 0 atom stereocenters. The average molecular weight is 375 g/mol. The Morgan fingerprint density at radius 1 is 1.17 bits per heavy atom. The first-order valence-electron chi connectivity index (χ1n) is 7.43. The normalized spacial score (nSPS) is 10.6. The third-order valence-corrected chi connectivity index (χ3v) is 5.50. The first kappa shape index (κ1) is 17.0. The number of anilines is 1. The Morgan fingerprint density at radius 2 is 1.88 bits per heavy atom. The third kappa shape index (κ3) is 3.98. The number of rotatable bonds is 5. The number of hydrogen-bond acceptors (Lipinski definition) is 4. The highest BCUT2D eigenvalue weighted by atomic mass is 35.5. The molecule has 0 radical (unpaired) electrons. The second kappa shape index (κ2) is 7.83. The van der Waals surface area contributed by atoms with E-state index in [9.17, 15) is 4.79 Å². The largest absolute Gasteiger partial charge is 0.312 e. The molecule has 0 aliphatic carbocycles. The molecule has 3 aromatic rings. The van der Waals surface area contributed by atoms with Crippen LogP contribution >= 0.6 is 34.7 Å². The molecule has 1 heterocycles. The summed E-state index contributed by atoms with van der Waals surface area (Å²) in [6.45, 7) is 2.08. The Labute approximate surface area is 154 Å². The van der Waals surface area contributed by atoms with Crippen LogP contribution in [0.2, 0.25) is 5.02 Å². The highest BCUT2D eigenvalue weighted by Crippen LogP contribution is 2.37. The molecule has 3 nitrogen and oxygen atoms in total. The minimum absolute atomic E-state index is 0.166. The van der Waals surface area contributed by atoms with Crippen molar-refractivity contribution >= 4 is 45.6 Å². The van der Waals surface area contributed by atoms with E-state index in [2.05, 4.69) is 17.2 Å². The predicted molar refractivity (Wildman–Crippen MR) is 103 cm³/mol. The lowest BCUT2D eigenvalue weighted by Gasteiger charge is -2.05. The molecule has 0 fully saturated rings. The van der Waals surface area contributed by atoms with Crippen molar-refractivity contribution in [2.75, 3.05) is 11.1 Å². The minimum Gasteiger partial charge on any atom is -0.312 e. The summed E-state index contributed by atoms with van der Waals surface area (Å²) in [5.41, 5.74) is 2.36. The molecular weight excluding hydrogens is 360 g/mol. The number of thiazole rings is 1. The van der Waals surface area contributed by atoms with Crippen LogP contribution in [0.25, 0.3) is 11.3 Å². The molecule has 3 rings (SSSR count). The Kier molecular flexibility index (Phi) is 5.56. The zero-order valence-corrected chi connectivity index (χ0v) is 15.3. The molecule has 24 heavy (non-hydrogen) atoms. The van der Waals surface area contributed by atoms with E-state index in [1.54, 1.807) is 36.0 Å². The number of hydrogen-bond donors (Lipinski definition) is 1. The summed E-state index contributed by atoms with van der Waals surface area (Å²) in [4.78, 5) is 17.2. The van der Waals surface area contributed by atoms with Gasteiger partial charge < -0.3 is 5.32 Å². The van der Waals surface area contributed by atoms with Crippen LogP contribution < -0.4 is 5.32 Å². The number of nitrogens with one attached hydrogen (secondary N) is 1. The number of halogens is 1. The maximum absolute atomic E-state index is 12.5. The number of carbonyl (C=O) groups is 1. The quantitative estimate of drug-likeness (QED) is 0.571. The fourth-order valence-corrected chi connectivity index (χ4v) is 4.22. The van der Waals surface area contributed by atoms with Crippen LogP contribution in [0.5, 0.6) is 0 Å². The van der Waals surface area contributed by atoms with Gasteiger partial charge in [-0.1, -0.05) is 72.0 Å². The van der Waals surface area contributed by atoms with Gasteiger partial charge in [-0.15, -0.1) is 0 Å². The zero-order chi connectivity index (χ0) is 16.9. The lowest BCUT2D eigenvalue weighted by atomic mass is 10.1. The monoisotopic (exact) mass is 374 g/mol. The van der Waals surface area contributed by atoms with Gasteiger partial charge in [0.25, 0.3) is 5.91 Å². The first-order chi connectivity index (χ1) is 11.7. The lowest BCUT2D eigenvalue weighted by Crippen LogP contribution is -2.11. The maximum atomic E-state index is 12.5. The summed E-state index contributed by atoms with van der Waals surface area (Å²) in [6, 6.07) is 16.7. The molecule has 2 aromatic carbocycles. The van der Waals surface area contributed by atoms with E-state index >= 15 is 0 Å². The molecule has 122 valence electrons. The van der Waals surface area contributed by atoms with Crippen molar-refractivity contribution in [2.24, 2.45) is 0 Å². The van der Waals surface area contributed by atoms with E-state index in [0.29, 0.717) is 10.6 Å². The van der Waals surface area contributed by atoms with Crippen LogP contribution in [0, 0.1) is 0 Å². The Bertz CT molecular complexity index is 832. The highest BCUT2D eigenvalue weighted by Gasteiger charge is 2.16. The Balaban J connectivity index is 1.91. The van der Waals surface area contributed by atoms with E-state index in [4.69, 9.17) is 11.6 Å². The third-order valence-electron chi connectivity index (χ3n) is 3.26. The van der Waals surface area contributed by atoms with Gasteiger partial charge in [-0.2, -0.15) is 0 Å². The highest BCUT2D eigenvalue weighted by molar-refractivity contribution is 8.01. The molecule has 0 aliphatic rings. The van der Waals surface area contributed by atoms with Crippen LogP contribution in [0.3, 0.4) is 0 Å². The van der Waals surface area contributed by atoms with Gasteiger partial charge in [0.15, 0.2) is 4.34 Å². The molecule has 1 amide bonds. The van der Waals surface area contributed by atoms with Crippen LogP contribution in [-0.4, -0.2) is 16.6 Å². The molecule has 0 saturated carbocycles.